The van der Waals surface area contributed by atoms with Gasteiger partial charge in [0.25, 0.3) is 0 Å². The van der Waals surface area contributed by atoms with Crippen LogP contribution in [0.4, 0.5) is 5.69 Å². The van der Waals surface area contributed by atoms with E-state index in [1.54, 1.807) is 12.1 Å². The lowest BCUT2D eigenvalue weighted by atomic mass is 9.95. The zero-order valence-electron chi connectivity index (χ0n) is 19.0. The van der Waals surface area contributed by atoms with Crippen molar-refractivity contribution in [3.8, 4) is 5.75 Å². The van der Waals surface area contributed by atoms with Crippen LogP contribution in [0.1, 0.15) is 36.5 Å². The van der Waals surface area contributed by atoms with Gasteiger partial charge in [-0.25, -0.2) is 8.42 Å². The van der Waals surface area contributed by atoms with E-state index in [0.29, 0.717) is 23.8 Å². The summed E-state index contributed by atoms with van der Waals surface area (Å²) in [4.78, 5) is 13.5. The molecule has 6 nitrogen and oxygen atoms in total. The Hall–Kier alpha value is -3.16. The third-order valence-corrected chi connectivity index (χ3v) is 7.89. The molecule has 4 rings (SSSR count). The molecule has 1 atom stereocenters. The van der Waals surface area contributed by atoms with Crippen LogP contribution in [-0.4, -0.2) is 31.8 Å². The van der Waals surface area contributed by atoms with E-state index < -0.39 is 16.1 Å². The molecule has 3 aromatic carbocycles. The van der Waals surface area contributed by atoms with Crippen molar-refractivity contribution >= 4 is 21.6 Å². The largest absolute Gasteiger partial charge is 0.497 e. The van der Waals surface area contributed by atoms with E-state index in [4.69, 9.17) is 4.74 Å². The van der Waals surface area contributed by atoms with Gasteiger partial charge in [-0.2, -0.15) is 4.31 Å². The Bertz CT molecular complexity index is 1240. The highest BCUT2D eigenvalue weighted by molar-refractivity contribution is 7.89. The van der Waals surface area contributed by atoms with Gasteiger partial charge in [0.15, 0.2) is 0 Å². The lowest BCUT2D eigenvalue weighted by Gasteiger charge is -2.35. The Morgan fingerprint density at radius 1 is 0.970 bits per heavy atom. The van der Waals surface area contributed by atoms with Crippen molar-refractivity contribution < 1.29 is 17.9 Å². The molecule has 0 aromatic heterocycles. The highest BCUT2D eigenvalue weighted by Gasteiger charge is 2.39. The van der Waals surface area contributed by atoms with E-state index in [-0.39, 0.29) is 17.3 Å². The Morgan fingerprint density at radius 3 is 2.21 bits per heavy atom. The number of hydrogen-bond acceptors (Lipinski definition) is 4. The molecule has 7 heteroatoms. The summed E-state index contributed by atoms with van der Waals surface area (Å²) < 4.78 is 33.6. The fourth-order valence-corrected chi connectivity index (χ4v) is 5.60. The van der Waals surface area contributed by atoms with Gasteiger partial charge >= 0.3 is 0 Å². The van der Waals surface area contributed by atoms with Crippen LogP contribution in [0, 0.1) is 0 Å². The molecule has 0 radical (unpaired) electrons. The molecule has 0 saturated carbocycles. The number of amides is 1. The first kappa shape index (κ1) is 23.0. The number of rotatable bonds is 6. The lowest BCUT2D eigenvalue weighted by Crippen LogP contribution is -2.50. The van der Waals surface area contributed by atoms with E-state index in [1.165, 1.54) is 29.1 Å². The number of anilines is 1. The van der Waals surface area contributed by atoms with Crippen LogP contribution < -0.4 is 10.1 Å². The van der Waals surface area contributed by atoms with Crippen LogP contribution in [0.25, 0.3) is 0 Å². The van der Waals surface area contributed by atoms with Crippen molar-refractivity contribution in [2.24, 2.45) is 0 Å². The average Bonchev–Trinajstić information content (AvgIpc) is 2.83. The van der Waals surface area contributed by atoms with E-state index >= 15 is 0 Å². The maximum absolute atomic E-state index is 13.6. The molecule has 0 saturated heterocycles. The number of fused-ring (bicyclic) bond motifs is 1. The number of carbonyl (C=O) groups is 1. The van der Waals surface area contributed by atoms with Gasteiger partial charge in [-0.1, -0.05) is 50.2 Å². The minimum Gasteiger partial charge on any atom is -0.497 e. The number of methoxy groups -OCH3 is 1. The molecule has 0 fully saturated rings. The number of ether oxygens (including phenoxy) is 1. The summed E-state index contributed by atoms with van der Waals surface area (Å²) in [6, 6.07) is 20.7. The molecule has 1 N–H and O–H groups in total. The first-order chi connectivity index (χ1) is 15.8. The number of sulfonamides is 1. The van der Waals surface area contributed by atoms with Crippen LogP contribution in [0.15, 0.2) is 77.7 Å². The smallest absolute Gasteiger partial charge is 0.244 e. The van der Waals surface area contributed by atoms with Crippen molar-refractivity contribution in [3.05, 3.63) is 89.5 Å². The topological polar surface area (TPSA) is 75.7 Å². The molecule has 1 amide bonds. The molecule has 0 spiro atoms. The summed E-state index contributed by atoms with van der Waals surface area (Å²) in [5, 5.41) is 2.92. The fourth-order valence-electron chi connectivity index (χ4n) is 4.04. The van der Waals surface area contributed by atoms with Crippen molar-refractivity contribution in [1.29, 1.82) is 0 Å². The Morgan fingerprint density at radius 2 is 1.61 bits per heavy atom. The molecule has 1 heterocycles. The molecule has 33 heavy (non-hydrogen) atoms. The van der Waals surface area contributed by atoms with Crippen LogP contribution >= 0.6 is 0 Å². The molecule has 1 aliphatic rings. The minimum atomic E-state index is -3.92. The van der Waals surface area contributed by atoms with Crippen molar-refractivity contribution in [2.45, 2.75) is 43.7 Å². The van der Waals surface area contributed by atoms with Gasteiger partial charge in [0.05, 0.1) is 12.0 Å². The molecule has 1 aliphatic heterocycles. The van der Waals surface area contributed by atoms with Crippen LogP contribution in [0.2, 0.25) is 0 Å². The highest BCUT2D eigenvalue weighted by Crippen LogP contribution is 2.30. The van der Waals surface area contributed by atoms with Gasteiger partial charge < -0.3 is 10.1 Å². The number of hydrogen-bond donors (Lipinski definition) is 1. The zero-order valence-corrected chi connectivity index (χ0v) is 19.8. The monoisotopic (exact) mass is 464 g/mol. The molecule has 0 aliphatic carbocycles. The summed E-state index contributed by atoms with van der Waals surface area (Å²) in [7, 11) is -2.39. The maximum Gasteiger partial charge on any atom is 0.244 e. The number of benzene rings is 3. The average molecular weight is 465 g/mol. The van der Waals surface area contributed by atoms with Crippen molar-refractivity contribution in [2.75, 3.05) is 12.4 Å². The molecule has 172 valence electrons. The Balaban J connectivity index is 1.66. The van der Waals surface area contributed by atoms with E-state index in [1.807, 2.05) is 48.5 Å². The summed E-state index contributed by atoms with van der Waals surface area (Å²) in [5.74, 6) is 0.602. The van der Waals surface area contributed by atoms with Crippen LogP contribution in [0.3, 0.4) is 0 Å². The van der Waals surface area contributed by atoms with Gasteiger partial charge in [-0.15, -0.1) is 0 Å². The second kappa shape index (κ2) is 9.37. The molecule has 0 bridgehead atoms. The van der Waals surface area contributed by atoms with Gasteiger partial charge in [-0.05, 0) is 65.4 Å². The highest BCUT2D eigenvalue weighted by atomic mass is 32.2. The number of nitrogens with zero attached hydrogens (tertiary/aromatic N) is 1. The summed E-state index contributed by atoms with van der Waals surface area (Å²) in [5.41, 5.74) is 3.70. The molecule has 3 aromatic rings. The van der Waals surface area contributed by atoms with Crippen molar-refractivity contribution in [1.82, 2.24) is 4.31 Å². The van der Waals surface area contributed by atoms with E-state index in [2.05, 4.69) is 19.2 Å². The summed E-state index contributed by atoms with van der Waals surface area (Å²) in [6.45, 7) is 4.35. The SMILES string of the molecule is COc1ccc(S(=O)(=O)N2Cc3ccccc3CC2C(=O)Nc2ccc(C(C)C)cc2)cc1. The van der Waals surface area contributed by atoms with E-state index in [9.17, 15) is 13.2 Å². The quantitative estimate of drug-likeness (QED) is 0.580. The standard InChI is InChI=1S/C26H28N2O4S/c1-18(2)19-8-10-22(11-9-19)27-26(29)25-16-20-6-4-5-7-21(20)17-28(25)33(30,31)24-14-12-23(32-3)13-15-24/h4-15,18,25H,16-17H2,1-3H3,(H,27,29). The molecule has 1 unspecified atom stereocenters. The van der Waals surface area contributed by atoms with Gasteiger partial charge in [0.1, 0.15) is 11.8 Å². The zero-order chi connectivity index (χ0) is 23.6. The first-order valence-electron chi connectivity index (χ1n) is 10.9. The van der Waals surface area contributed by atoms with Gasteiger partial charge in [0, 0.05) is 12.2 Å². The molecular weight excluding hydrogens is 436 g/mol. The van der Waals surface area contributed by atoms with Crippen LogP contribution in [0.5, 0.6) is 5.75 Å². The normalized spacial score (nSPS) is 16.3. The third-order valence-electron chi connectivity index (χ3n) is 6.02. The summed E-state index contributed by atoms with van der Waals surface area (Å²) >= 11 is 0. The second-order valence-electron chi connectivity index (χ2n) is 8.48. The first-order valence-corrected chi connectivity index (χ1v) is 12.4. The third kappa shape index (κ3) is 4.79. The number of nitrogens with one attached hydrogen (secondary N) is 1. The second-order valence-corrected chi connectivity index (χ2v) is 10.4. The maximum atomic E-state index is 13.6. The Labute approximate surface area is 195 Å². The lowest BCUT2D eigenvalue weighted by molar-refractivity contribution is -0.120. The van der Waals surface area contributed by atoms with Gasteiger partial charge in [-0.3, -0.25) is 4.79 Å². The molecular formula is C26H28N2O4S. The fraction of sp³-hybridized carbons (Fsp3) is 0.269. The van der Waals surface area contributed by atoms with Crippen molar-refractivity contribution in [3.63, 3.8) is 0 Å². The van der Waals surface area contributed by atoms with Crippen LogP contribution in [-0.2, 0) is 27.8 Å². The number of carbonyl (C=O) groups excluding carboxylic acids is 1. The predicted octanol–water partition coefficient (Wildman–Crippen LogP) is 4.57. The van der Waals surface area contributed by atoms with Gasteiger partial charge in [0.2, 0.25) is 15.9 Å². The summed E-state index contributed by atoms with van der Waals surface area (Å²) in [6.07, 6.45) is 0.307. The predicted molar refractivity (Wildman–Crippen MR) is 129 cm³/mol. The van der Waals surface area contributed by atoms with E-state index in [0.717, 1.165) is 11.1 Å². The minimum absolute atomic E-state index is 0.127. The Kier molecular flexibility index (Phi) is 6.54.